The van der Waals surface area contributed by atoms with Crippen molar-refractivity contribution in [3.8, 4) is 0 Å². The SMILES string of the molecule is CC1CCC(CO)(NC(=O)CC(C)CC(=O)O)CC1. The molecule has 0 aromatic heterocycles. The molecule has 1 rings (SSSR count). The van der Waals surface area contributed by atoms with Crippen LogP contribution in [0.4, 0.5) is 0 Å². The van der Waals surface area contributed by atoms with Gasteiger partial charge in [0, 0.05) is 12.8 Å². The predicted molar refractivity (Wildman–Crippen MR) is 71.6 cm³/mol. The van der Waals surface area contributed by atoms with Crippen LogP contribution in [-0.2, 0) is 9.59 Å². The van der Waals surface area contributed by atoms with E-state index in [4.69, 9.17) is 5.11 Å². The molecule has 0 saturated heterocycles. The number of hydrogen-bond acceptors (Lipinski definition) is 3. The molecule has 5 heteroatoms. The predicted octanol–water partition coefficient (Wildman–Crippen LogP) is 1.54. The molecule has 1 aliphatic carbocycles. The van der Waals surface area contributed by atoms with Crippen LogP contribution in [0.25, 0.3) is 0 Å². The van der Waals surface area contributed by atoms with Gasteiger partial charge in [-0.2, -0.15) is 0 Å². The van der Waals surface area contributed by atoms with E-state index >= 15 is 0 Å². The summed E-state index contributed by atoms with van der Waals surface area (Å²) in [5.74, 6) is -0.584. The lowest BCUT2D eigenvalue weighted by Crippen LogP contribution is -2.53. The van der Waals surface area contributed by atoms with Crippen molar-refractivity contribution in [2.24, 2.45) is 11.8 Å². The Hall–Kier alpha value is -1.10. The highest BCUT2D eigenvalue weighted by atomic mass is 16.4. The van der Waals surface area contributed by atoms with Crippen molar-refractivity contribution in [3.63, 3.8) is 0 Å². The molecule has 0 aliphatic heterocycles. The molecule has 1 amide bonds. The molecule has 1 saturated carbocycles. The van der Waals surface area contributed by atoms with Crippen LogP contribution in [0, 0.1) is 11.8 Å². The van der Waals surface area contributed by atoms with Gasteiger partial charge >= 0.3 is 5.97 Å². The second-order valence-corrected chi connectivity index (χ2v) is 6.08. The summed E-state index contributed by atoms with van der Waals surface area (Å²) < 4.78 is 0. The highest BCUT2D eigenvalue weighted by Crippen LogP contribution is 2.31. The molecule has 0 heterocycles. The molecule has 0 bridgehead atoms. The first kappa shape index (κ1) is 16.0. The Bertz CT molecular complexity index is 321. The Morgan fingerprint density at radius 2 is 1.89 bits per heavy atom. The smallest absolute Gasteiger partial charge is 0.303 e. The monoisotopic (exact) mass is 271 g/mol. The highest BCUT2D eigenvalue weighted by molar-refractivity contribution is 5.78. The fourth-order valence-electron chi connectivity index (χ4n) is 2.67. The number of hydrogen-bond donors (Lipinski definition) is 3. The second kappa shape index (κ2) is 6.89. The summed E-state index contributed by atoms with van der Waals surface area (Å²) in [5, 5.41) is 21.1. The lowest BCUT2D eigenvalue weighted by atomic mass is 9.77. The van der Waals surface area contributed by atoms with Crippen LogP contribution in [-0.4, -0.2) is 34.2 Å². The number of nitrogens with one attached hydrogen (secondary N) is 1. The van der Waals surface area contributed by atoms with Crippen LogP contribution in [0.3, 0.4) is 0 Å². The maximum absolute atomic E-state index is 11.9. The number of carbonyl (C=O) groups is 2. The highest BCUT2D eigenvalue weighted by Gasteiger charge is 2.35. The summed E-state index contributed by atoms with van der Waals surface area (Å²) in [6.45, 7) is 3.89. The first-order valence-electron chi connectivity index (χ1n) is 7.00. The van der Waals surface area contributed by atoms with Crippen LogP contribution in [0.5, 0.6) is 0 Å². The van der Waals surface area contributed by atoms with Gasteiger partial charge in [0.2, 0.25) is 5.91 Å². The van der Waals surface area contributed by atoms with Crippen molar-refractivity contribution in [2.75, 3.05) is 6.61 Å². The molecule has 110 valence electrons. The minimum atomic E-state index is -0.885. The average Bonchev–Trinajstić information content (AvgIpc) is 2.31. The molecule has 0 aromatic carbocycles. The zero-order chi connectivity index (χ0) is 14.5. The van der Waals surface area contributed by atoms with E-state index in [0.717, 1.165) is 25.7 Å². The van der Waals surface area contributed by atoms with Gasteiger partial charge in [-0.15, -0.1) is 0 Å². The summed E-state index contributed by atoms with van der Waals surface area (Å²) in [6.07, 6.45) is 3.80. The van der Waals surface area contributed by atoms with Gasteiger partial charge in [-0.25, -0.2) is 0 Å². The lowest BCUT2D eigenvalue weighted by molar-refractivity contribution is -0.138. The maximum atomic E-state index is 11.9. The van der Waals surface area contributed by atoms with E-state index < -0.39 is 11.5 Å². The Morgan fingerprint density at radius 1 is 1.32 bits per heavy atom. The third-order valence-corrected chi connectivity index (χ3v) is 4.00. The van der Waals surface area contributed by atoms with E-state index in [2.05, 4.69) is 12.2 Å². The zero-order valence-corrected chi connectivity index (χ0v) is 11.8. The van der Waals surface area contributed by atoms with Crippen LogP contribution in [0.2, 0.25) is 0 Å². The summed E-state index contributed by atoms with van der Waals surface area (Å²) in [7, 11) is 0. The van der Waals surface area contributed by atoms with Crippen molar-refractivity contribution in [2.45, 2.75) is 57.9 Å². The van der Waals surface area contributed by atoms with Crippen molar-refractivity contribution in [1.29, 1.82) is 0 Å². The molecule has 1 fully saturated rings. The Balaban J connectivity index is 2.47. The van der Waals surface area contributed by atoms with Gasteiger partial charge in [-0.3, -0.25) is 9.59 Å². The van der Waals surface area contributed by atoms with E-state index in [1.165, 1.54) is 0 Å². The molecule has 0 aromatic rings. The van der Waals surface area contributed by atoms with Crippen LogP contribution >= 0.6 is 0 Å². The molecule has 19 heavy (non-hydrogen) atoms. The number of carboxylic acids is 1. The van der Waals surface area contributed by atoms with Gasteiger partial charge in [0.15, 0.2) is 0 Å². The number of carbonyl (C=O) groups excluding carboxylic acids is 1. The number of aliphatic hydroxyl groups is 1. The quantitative estimate of drug-likeness (QED) is 0.684. The maximum Gasteiger partial charge on any atom is 0.303 e. The van der Waals surface area contributed by atoms with Gasteiger partial charge in [0.1, 0.15) is 0 Å². The number of aliphatic hydroxyl groups excluding tert-OH is 1. The summed E-state index contributed by atoms with van der Waals surface area (Å²) in [4.78, 5) is 22.5. The van der Waals surface area contributed by atoms with Gasteiger partial charge in [-0.1, -0.05) is 13.8 Å². The van der Waals surface area contributed by atoms with E-state index in [9.17, 15) is 14.7 Å². The fraction of sp³-hybridized carbons (Fsp3) is 0.857. The minimum absolute atomic E-state index is 0.00339. The Labute approximate surface area is 114 Å². The molecule has 3 N–H and O–H groups in total. The normalized spacial score (nSPS) is 28.7. The van der Waals surface area contributed by atoms with Gasteiger partial charge in [0.25, 0.3) is 0 Å². The molecular formula is C14H25NO4. The number of rotatable bonds is 6. The molecule has 5 nitrogen and oxygen atoms in total. The van der Waals surface area contributed by atoms with Gasteiger partial charge in [0.05, 0.1) is 12.1 Å². The van der Waals surface area contributed by atoms with Crippen molar-refractivity contribution >= 4 is 11.9 Å². The van der Waals surface area contributed by atoms with Crippen LogP contribution in [0.15, 0.2) is 0 Å². The van der Waals surface area contributed by atoms with E-state index in [1.54, 1.807) is 6.92 Å². The van der Waals surface area contributed by atoms with Gasteiger partial charge < -0.3 is 15.5 Å². The number of amides is 1. The summed E-state index contributed by atoms with van der Waals surface area (Å²) >= 11 is 0. The van der Waals surface area contributed by atoms with E-state index in [1.807, 2.05) is 0 Å². The second-order valence-electron chi connectivity index (χ2n) is 6.08. The van der Waals surface area contributed by atoms with Gasteiger partial charge in [-0.05, 0) is 37.5 Å². The molecular weight excluding hydrogens is 246 g/mol. The molecule has 0 spiro atoms. The third kappa shape index (κ3) is 5.19. The van der Waals surface area contributed by atoms with Crippen molar-refractivity contribution in [1.82, 2.24) is 5.32 Å². The van der Waals surface area contributed by atoms with E-state index in [0.29, 0.717) is 5.92 Å². The Morgan fingerprint density at radius 3 is 2.37 bits per heavy atom. The first-order valence-corrected chi connectivity index (χ1v) is 7.00. The van der Waals surface area contributed by atoms with Crippen molar-refractivity contribution in [3.05, 3.63) is 0 Å². The summed E-state index contributed by atoms with van der Waals surface area (Å²) in [6, 6.07) is 0. The topological polar surface area (TPSA) is 86.6 Å². The zero-order valence-electron chi connectivity index (χ0n) is 11.8. The molecule has 1 unspecified atom stereocenters. The van der Waals surface area contributed by atoms with Crippen LogP contribution in [0.1, 0.15) is 52.4 Å². The van der Waals surface area contributed by atoms with E-state index in [-0.39, 0.29) is 31.3 Å². The number of carboxylic acid groups (broad SMARTS) is 1. The molecule has 1 aliphatic rings. The third-order valence-electron chi connectivity index (χ3n) is 4.00. The number of aliphatic carboxylic acids is 1. The Kier molecular flexibility index (Phi) is 5.79. The van der Waals surface area contributed by atoms with Crippen molar-refractivity contribution < 1.29 is 19.8 Å². The van der Waals surface area contributed by atoms with Crippen LogP contribution < -0.4 is 5.32 Å². The lowest BCUT2D eigenvalue weighted by Gasteiger charge is -2.39. The minimum Gasteiger partial charge on any atom is -0.481 e. The largest absolute Gasteiger partial charge is 0.481 e. The molecule has 1 atom stereocenters. The summed E-state index contributed by atoms with van der Waals surface area (Å²) in [5.41, 5.74) is -0.494. The standard InChI is InChI=1S/C14H25NO4/c1-10-3-5-14(9-16,6-4-10)15-12(17)7-11(2)8-13(18)19/h10-11,16H,3-9H2,1-2H3,(H,15,17)(H,18,19). The average molecular weight is 271 g/mol. The first-order chi connectivity index (χ1) is 8.87. The molecule has 0 radical (unpaired) electrons. The fourth-order valence-corrected chi connectivity index (χ4v) is 2.67.